The van der Waals surface area contributed by atoms with E-state index < -0.39 is 0 Å². The Morgan fingerprint density at radius 2 is 2.06 bits per heavy atom. The van der Waals surface area contributed by atoms with Crippen LogP contribution < -0.4 is 0 Å². The van der Waals surface area contributed by atoms with Crippen LogP contribution >= 0.6 is 0 Å². The first kappa shape index (κ1) is 10.3. The zero-order chi connectivity index (χ0) is 12.1. The molecule has 4 saturated carbocycles. The van der Waals surface area contributed by atoms with Crippen LogP contribution in [0, 0.1) is 46.8 Å². The second kappa shape index (κ2) is 2.96. The highest BCUT2D eigenvalue weighted by molar-refractivity contribution is 5.80. The zero-order valence-electron chi connectivity index (χ0n) is 11.1. The van der Waals surface area contributed by atoms with Gasteiger partial charge in [0.25, 0.3) is 0 Å². The van der Waals surface area contributed by atoms with Gasteiger partial charge in [-0.25, -0.2) is 0 Å². The molecule has 0 amide bonds. The Morgan fingerprint density at radius 3 is 2.83 bits per heavy atom. The monoisotopic (exact) mass is 246 g/mol. The largest absolute Gasteiger partial charge is 0.465 e. The van der Waals surface area contributed by atoms with Gasteiger partial charge < -0.3 is 4.74 Å². The normalized spacial score (nSPS) is 63.8. The molecule has 2 heteroatoms. The fourth-order valence-corrected chi connectivity index (χ4v) is 7.21. The average Bonchev–Trinajstić information content (AvgIpc) is 3.05. The van der Waals surface area contributed by atoms with E-state index in [0.29, 0.717) is 12.5 Å². The minimum Gasteiger partial charge on any atom is -0.465 e. The zero-order valence-corrected chi connectivity index (χ0v) is 11.1. The van der Waals surface area contributed by atoms with E-state index >= 15 is 0 Å². The average molecular weight is 246 g/mol. The van der Waals surface area contributed by atoms with Crippen LogP contribution in [-0.4, -0.2) is 12.6 Å². The van der Waals surface area contributed by atoms with Crippen molar-refractivity contribution >= 4 is 5.97 Å². The van der Waals surface area contributed by atoms with Crippen LogP contribution in [0.2, 0.25) is 0 Å². The number of ether oxygens (including phenoxy) is 1. The van der Waals surface area contributed by atoms with Crippen molar-refractivity contribution in [2.45, 2.75) is 39.0 Å². The summed E-state index contributed by atoms with van der Waals surface area (Å²) in [5.74, 6) is 6.50. The lowest BCUT2D eigenvalue weighted by atomic mass is 9.59. The molecule has 1 saturated heterocycles. The van der Waals surface area contributed by atoms with Crippen LogP contribution in [0.1, 0.15) is 39.0 Å². The molecule has 5 aliphatic rings. The summed E-state index contributed by atoms with van der Waals surface area (Å²) in [6.07, 6.45) is 6.52. The topological polar surface area (TPSA) is 26.3 Å². The molecule has 0 aromatic carbocycles. The van der Waals surface area contributed by atoms with Gasteiger partial charge in [-0.2, -0.15) is 0 Å². The van der Waals surface area contributed by atoms with Gasteiger partial charge in [0.05, 0.1) is 12.0 Å². The minimum absolute atomic E-state index is 0.0178. The molecule has 4 aliphatic carbocycles. The molecule has 7 unspecified atom stereocenters. The van der Waals surface area contributed by atoms with Gasteiger partial charge in [-0.05, 0) is 73.5 Å². The lowest BCUT2D eigenvalue weighted by molar-refractivity contribution is -0.151. The minimum atomic E-state index is -0.0178. The van der Waals surface area contributed by atoms with E-state index in [2.05, 4.69) is 6.92 Å². The Kier molecular flexibility index (Phi) is 1.69. The molecule has 1 aliphatic heterocycles. The van der Waals surface area contributed by atoms with Crippen LogP contribution in [-0.2, 0) is 9.53 Å². The Balaban J connectivity index is 1.57. The molecular formula is C16H22O2. The number of hydrogen-bond acceptors (Lipinski definition) is 2. The summed E-state index contributed by atoms with van der Waals surface area (Å²) in [4.78, 5) is 12.2. The maximum atomic E-state index is 12.2. The summed E-state index contributed by atoms with van der Waals surface area (Å²) in [7, 11) is 0. The number of fused-ring (bicyclic) bond motifs is 10. The first-order valence-electron chi connectivity index (χ1n) is 7.88. The van der Waals surface area contributed by atoms with Crippen molar-refractivity contribution in [1.29, 1.82) is 0 Å². The first-order chi connectivity index (χ1) is 8.71. The van der Waals surface area contributed by atoms with E-state index in [-0.39, 0.29) is 11.4 Å². The van der Waals surface area contributed by atoms with Crippen LogP contribution in [0.15, 0.2) is 0 Å². The van der Waals surface area contributed by atoms with E-state index in [4.69, 9.17) is 4.74 Å². The van der Waals surface area contributed by atoms with Gasteiger partial charge >= 0.3 is 5.97 Å². The maximum absolute atomic E-state index is 12.2. The lowest BCUT2D eigenvalue weighted by Gasteiger charge is -2.44. The number of carbonyl (C=O) groups is 1. The van der Waals surface area contributed by atoms with Gasteiger partial charge in [0, 0.05) is 0 Å². The van der Waals surface area contributed by atoms with Crippen molar-refractivity contribution in [3.05, 3.63) is 0 Å². The van der Waals surface area contributed by atoms with Crippen LogP contribution in [0.25, 0.3) is 0 Å². The third-order valence-corrected chi connectivity index (χ3v) is 7.55. The van der Waals surface area contributed by atoms with Crippen LogP contribution in [0.4, 0.5) is 0 Å². The number of carbonyl (C=O) groups excluding carboxylic acids is 1. The number of cyclic esters (lactones) is 1. The fourth-order valence-electron chi connectivity index (χ4n) is 7.21. The van der Waals surface area contributed by atoms with E-state index in [0.717, 1.165) is 41.9 Å². The maximum Gasteiger partial charge on any atom is 0.312 e. The number of esters is 1. The molecule has 4 bridgehead atoms. The molecule has 0 radical (unpaired) electrons. The molecular weight excluding hydrogens is 224 g/mol. The SMILES string of the molecule is CC1CC2CC1C1C2C2C[C@@H]1C1(CCOC1=O)C2. The van der Waals surface area contributed by atoms with Crippen molar-refractivity contribution in [3.8, 4) is 0 Å². The summed E-state index contributed by atoms with van der Waals surface area (Å²) < 4.78 is 5.36. The summed E-state index contributed by atoms with van der Waals surface area (Å²) in [6, 6.07) is 0. The summed E-state index contributed by atoms with van der Waals surface area (Å²) in [5.41, 5.74) is -0.0178. The quantitative estimate of drug-likeness (QED) is 0.485. The van der Waals surface area contributed by atoms with E-state index in [1.54, 1.807) is 0 Å². The van der Waals surface area contributed by atoms with E-state index in [9.17, 15) is 4.79 Å². The third kappa shape index (κ3) is 0.916. The first-order valence-corrected chi connectivity index (χ1v) is 7.88. The number of rotatable bonds is 0. The molecule has 18 heavy (non-hydrogen) atoms. The Hall–Kier alpha value is -0.530. The molecule has 0 aromatic heterocycles. The molecule has 8 atom stereocenters. The van der Waals surface area contributed by atoms with E-state index in [1.807, 2.05) is 0 Å². The molecule has 1 spiro atoms. The highest BCUT2D eigenvalue weighted by Crippen LogP contribution is 2.74. The van der Waals surface area contributed by atoms with Gasteiger partial charge in [-0.3, -0.25) is 4.79 Å². The van der Waals surface area contributed by atoms with E-state index in [1.165, 1.54) is 25.7 Å². The predicted molar refractivity (Wildman–Crippen MR) is 66.6 cm³/mol. The summed E-state index contributed by atoms with van der Waals surface area (Å²) in [5, 5.41) is 0. The van der Waals surface area contributed by atoms with Crippen molar-refractivity contribution < 1.29 is 9.53 Å². The molecule has 0 N–H and O–H groups in total. The van der Waals surface area contributed by atoms with Crippen molar-refractivity contribution in [3.63, 3.8) is 0 Å². The van der Waals surface area contributed by atoms with Gasteiger partial charge in [0.1, 0.15) is 0 Å². The van der Waals surface area contributed by atoms with Gasteiger partial charge in [-0.15, -0.1) is 0 Å². The van der Waals surface area contributed by atoms with Crippen molar-refractivity contribution in [2.24, 2.45) is 46.8 Å². The van der Waals surface area contributed by atoms with Gasteiger partial charge in [0.15, 0.2) is 0 Å². The molecule has 0 aromatic rings. The molecule has 5 fully saturated rings. The highest BCUT2D eigenvalue weighted by Gasteiger charge is 2.71. The second-order valence-corrected chi connectivity index (χ2v) is 7.88. The van der Waals surface area contributed by atoms with Gasteiger partial charge in [-0.1, -0.05) is 6.92 Å². The number of hydrogen-bond donors (Lipinski definition) is 0. The standard InChI is InChI=1S/C16H22O2/c1-8-4-9-5-11(8)14-12-6-10(13(9)14)7-16(12)2-3-18-15(16)17/h8-14H,2-7H2,1H3/t8?,9?,10?,11?,12-,13?,14?,16?/m0/s1. The summed E-state index contributed by atoms with van der Waals surface area (Å²) in [6.45, 7) is 3.15. The lowest BCUT2D eigenvalue weighted by Crippen LogP contribution is -2.43. The Labute approximate surface area is 108 Å². The fraction of sp³-hybridized carbons (Fsp3) is 0.938. The molecule has 1 heterocycles. The third-order valence-electron chi connectivity index (χ3n) is 7.55. The van der Waals surface area contributed by atoms with Gasteiger partial charge in [0.2, 0.25) is 0 Å². The Bertz CT molecular complexity index is 431. The molecule has 5 rings (SSSR count). The molecule has 2 nitrogen and oxygen atoms in total. The highest BCUT2D eigenvalue weighted by atomic mass is 16.5. The van der Waals surface area contributed by atoms with Crippen molar-refractivity contribution in [2.75, 3.05) is 6.61 Å². The molecule has 98 valence electrons. The smallest absolute Gasteiger partial charge is 0.312 e. The predicted octanol–water partition coefficient (Wildman–Crippen LogP) is 2.87. The van der Waals surface area contributed by atoms with Crippen LogP contribution in [0.3, 0.4) is 0 Å². The summed E-state index contributed by atoms with van der Waals surface area (Å²) >= 11 is 0. The van der Waals surface area contributed by atoms with Crippen molar-refractivity contribution in [1.82, 2.24) is 0 Å². The second-order valence-electron chi connectivity index (χ2n) is 7.88. The van der Waals surface area contributed by atoms with Crippen LogP contribution in [0.5, 0.6) is 0 Å². The Morgan fingerprint density at radius 1 is 1.17 bits per heavy atom.